The maximum Gasteiger partial charge on any atom is 1.00 e. The average molecular weight is 184 g/mol. The molecular weight excluding hydrogens is 175 g/mol. The normalized spacial score (nSPS) is 7.64. The molecule has 0 aromatic rings. The van der Waals surface area contributed by atoms with E-state index in [1.54, 1.807) is 0 Å². The molecule has 0 amide bonds. The summed E-state index contributed by atoms with van der Waals surface area (Å²) in [7, 11) is 0. The first kappa shape index (κ1) is 13.9. The van der Waals surface area contributed by atoms with Crippen molar-refractivity contribution in [3.8, 4) is 0 Å². The van der Waals surface area contributed by atoms with Crippen LogP contribution in [0, 0.1) is 0 Å². The minimum absolute atomic E-state index is 0. The number of carbonyl (C=O) groups excluding carboxylic acids is 1. The third-order valence-electron chi connectivity index (χ3n) is 0.727. The molecule has 0 aliphatic rings. The van der Waals surface area contributed by atoms with Gasteiger partial charge in [-0.15, -0.1) is 0 Å². The molecular formula is C6H9KO4. The van der Waals surface area contributed by atoms with Crippen molar-refractivity contribution in [1.82, 2.24) is 0 Å². The van der Waals surface area contributed by atoms with Crippen molar-refractivity contribution in [2.75, 3.05) is 6.61 Å². The van der Waals surface area contributed by atoms with E-state index in [1.807, 2.05) is 0 Å². The number of carboxylic acid groups (broad SMARTS) is 1. The molecule has 0 aromatic carbocycles. The van der Waals surface area contributed by atoms with Crippen LogP contribution in [0.2, 0.25) is 0 Å². The van der Waals surface area contributed by atoms with Gasteiger partial charge in [-0.1, -0.05) is 6.58 Å². The minimum Gasteiger partial charge on any atom is -1.00 e. The second-order valence-electron chi connectivity index (χ2n) is 1.52. The van der Waals surface area contributed by atoms with Crippen LogP contribution < -0.4 is 51.4 Å². The van der Waals surface area contributed by atoms with E-state index in [0.717, 1.165) is 6.08 Å². The summed E-state index contributed by atoms with van der Waals surface area (Å²) in [6.45, 7) is 3.04. The summed E-state index contributed by atoms with van der Waals surface area (Å²) in [4.78, 5) is 20.1. The Labute approximate surface area is 109 Å². The fraction of sp³-hybridized carbons (Fsp3) is 0.333. The number of aliphatic carboxylic acids is 1. The van der Waals surface area contributed by atoms with Crippen LogP contribution in [-0.4, -0.2) is 23.7 Å². The Hall–Kier alpha value is 0.316. The number of carboxylic acids is 1. The van der Waals surface area contributed by atoms with Crippen molar-refractivity contribution in [3.05, 3.63) is 12.7 Å². The number of hydrogen-bond acceptors (Lipinski definition) is 3. The van der Waals surface area contributed by atoms with Crippen LogP contribution in [0.5, 0.6) is 0 Å². The van der Waals surface area contributed by atoms with Gasteiger partial charge < -0.3 is 11.3 Å². The van der Waals surface area contributed by atoms with E-state index in [4.69, 9.17) is 5.11 Å². The summed E-state index contributed by atoms with van der Waals surface area (Å²) in [6.07, 6.45) is 0.821. The maximum absolute atomic E-state index is 10.3. The van der Waals surface area contributed by atoms with Gasteiger partial charge in [0.25, 0.3) is 0 Å². The van der Waals surface area contributed by atoms with Crippen LogP contribution >= 0.6 is 0 Å². The molecule has 4 nitrogen and oxygen atoms in total. The number of ether oxygens (including phenoxy) is 1. The second kappa shape index (κ2) is 8.41. The fourth-order valence-electron chi connectivity index (χ4n) is 0.298. The van der Waals surface area contributed by atoms with E-state index in [0.29, 0.717) is 0 Å². The van der Waals surface area contributed by atoms with Crippen molar-refractivity contribution in [2.45, 2.75) is 6.42 Å². The largest absolute Gasteiger partial charge is 1.00 e. The van der Waals surface area contributed by atoms with Crippen LogP contribution in [0.1, 0.15) is 7.85 Å². The van der Waals surface area contributed by atoms with Crippen molar-refractivity contribution in [3.63, 3.8) is 0 Å². The molecule has 0 atom stereocenters. The molecule has 0 bridgehead atoms. The molecule has 0 unspecified atom stereocenters. The summed E-state index contributed by atoms with van der Waals surface area (Å²) in [6, 6.07) is 0. The molecule has 0 heterocycles. The smallest absolute Gasteiger partial charge is 1.00 e. The van der Waals surface area contributed by atoms with Gasteiger partial charge in [0.2, 0.25) is 0 Å². The maximum atomic E-state index is 10.3. The standard InChI is InChI=1S/C6H8O4.K.H/c1-2-6(9)10-4-3-5(7)8;;/h2H,1,3-4H2,(H,7,8);;/q;+1;-1. The number of hydrogen-bond donors (Lipinski definition) is 1. The minimum atomic E-state index is -0.989. The Morgan fingerprint density at radius 1 is 1.64 bits per heavy atom. The Balaban J connectivity index is -0.000000405. The zero-order valence-corrected chi connectivity index (χ0v) is 9.49. The van der Waals surface area contributed by atoms with Gasteiger partial charge in [0, 0.05) is 6.08 Å². The zero-order valence-electron chi connectivity index (χ0n) is 7.37. The number of rotatable bonds is 4. The number of carbonyl (C=O) groups is 2. The first-order valence-corrected chi connectivity index (χ1v) is 2.68. The predicted octanol–water partition coefficient (Wildman–Crippen LogP) is -2.69. The van der Waals surface area contributed by atoms with Crippen LogP contribution in [0.15, 0.2) is 12.7 Å². The van der Waals surface area contributed by atoms with Gasteiger partial charge in [-0.3, -0.25) is 4.79 Å². The van der Waals surface area contributed by atoms with Gasteiger partial charge in [-0.25, -0.2) is 4.79 Å². The molecule has 5 heteroatoms. The van der Waals surface area contributed by atoms with Gasteiger partial charge in [0.15, 0.2) is 0 Å². The quantitative estimate of drug-likeness (QED) is 0.293. The van der Waals surface area contributed by atoms with Gasteiger partial charge in [-0.2, -0.15) is 0 Å². The summed E-state index contributed by atoms with van der Waals surface area (Å²) in [5, 5.41) is 8.08. The van der Waals surface area contributed by atoms with Crippen molar-refractivity contribution >= 4 is 11.9 Å². The summed E-state index contributed by atoms with van der Waals surface area (Å²) >= 11 is 0. The predicted molar refractivity (Wildman–Crippen MR) is 34.5 cm³/mol. The molecule has 58 valence electrons. The second-order valence-corrected chi connectivity index (χ2v) is 1.52. The molecule has 0 spiro atoms. The van der Waals surface area contributed by atoms with E-state index >= 15 is 0 Å². The van der Waals surface area contributed by atoms with Gasteiger partial charge in [-0.05, 0) is 0 Å². The molecule has 0 aliphatic heterocycles. The Bertz CT molecular complexity index is 160. The molecule has 0 saturated carbocycles. The van der Waals surface area contributed by atoms with Crippen LogP contribution in [0.3, 0.4) is 0 Å². The Morgan fingerprint density at radius 2 is 2.18 bits per heavy atom. The van der Waals surface area contributed by atoms with Gasteiger partial charge in [0.1, 0.15) is 6.61 Å². The van der Waals surface area contributed by atoms with Crippen molar-refractivity contribution in [2.24, 2.45) is 0 Å². The van der Waals surface area contributed by atoms with E-state index in [1.165, 1.54) is 0 Å². The molecule has 0 rings (SSSR count). The molecule has 0 aromatic heterocycles. The summed E-state index contributed by atoms with van der Waals surface area (Å²) in [5.74, 6) is -1.59. The van der Waals surface area contributed by atoms with Crippen LogP contribution in [0.4, 0.5) is 0 Å². The molecule has 0 fully saturated rings. The first-order chi connectivity index (χ1) is 4.66. The zero-order chi connectivity index (χ0) is 7.98. The third-order valence-corrected chi connectivity index (χ3v) is 0.727. The van der Waals surface area contributed by atoms with E-state index in [-0.39, 0.29) is 65.8 Å². The van der Waals surface area contributed by atoms with E-state index < -0.39 is 11.9 Å². The average Bonchev–Trinajstić information content (AvgIpc) is 1.87. The fourth-order valence-corrected chi connectivity index (χ4v) is 0.298. The van der Waals surface area contributed by atoms with Crippen LogP contribution in [0.25, 0.3) is 0 Å². The first-order valence-electron chi connectivity index (χ1n) is 2.68. The molecule has 11 heavy (non-hydrogen) atoms. The molecule has 0 aliphatic carbocycles. The van der Waals surface area contributed by atoms with Crippen LogP contribution in [-0.2, 0) is 14.3 Å². The van der Waals surface area contributed by atoms with Gasteiger partial charge in [0.05, 0.1) is 6.42 Å². The van der Waals surface area contributed by atoms with Gasteiger partial charge >= 0.3 is 63.3 Å². The monoisotopic (exact) mass is 184 g/mol. The number of esters is 1. The molecule has 1 N–H and O–H groups in total. The van der Waals surface area contributed by atoms with E-state index in [2.05, 4.69) is 11.3 Å². The third kappa shape index (κ3) is 10.3. The Morgan fingerprint density at radius 3 is 2.55 bits per heavy atom. The van der Waals surface area contributed by atoms with Crippen molar-refractivity contribution < 1.29 is 72.2 Å². The SMILES string of the molecule is C=CC(=O)OCCC(=O)O.[H-].[K+]. The Kier molecular flexibility index (Phi) is 10.6. The van der Waals surface area contributed by atoms with E-state index in [9.17, 15) is 9.59 Å². The summed E-state index contributed by atoms with van der Waals surface area (Å²) in [5.41, 5.74) is 0. The molecule has 0 saturated heterocycles. The summed E-state index contributed by atoms with van der Waals surface area (Å²) < 4.78 is 4.36. The molecule has 0 radical (unpaired) electrons. The topological polar surface area (TPSA) is 63.6 Å². The van der Waals surface area contributed by atoms with Crippen molar-refractivity contribution in [1.29, 1.82) is 0 Å².